The van der Waals surface area contributed by atoms with Gasteiger partial charge in [0.2, 0.25) is 5.91 Å². The van der Waals surface area contributed by atoms with Gasteiger partial charge >= 0.3 is 6.09 Å². The number of hydrogen-bond acceptors (Lipinski definition) is 4. The highest BCUT2D eigenvalue weighted by atomic mass is 16.6. The number of carbonyl (C=O) groups is 2. The zero-order chi connectivity index (χ0) is 21.9. The summed E-state index contributed by atoms with van der Waals surface area (Å²) in [5.41, 5.74) is 2.22. The number of benzene rings is 1. The van der Waals surface area contributed by atoms with E-state index in [-0.39, 0.29) is 23.5 Å². The lowest BCUT2D eigenvalue weighted by Crippen LogP contribution is -2.54. The highest BCUT2D eigenvalue weighted by molar-refractivity contribution is 5.79. The normalized spacial score (nSPS) is 18.6. The minimum absolute atomic E-state index is 0.0402. The van der Waals surface area contributed by atoms with Crippen LogP contribution in [0.2, 0.25) is 0 Å². The van der Waals surface area contributed by atoms with E-state index in [4.69, 9.17) is 4.74 Å². The molecule has 0 bridgehead atoms. The molecule has 0 unspecified atom stereocenters. The molecule has 0 spiro atoms. The van der Waals surface area contributed by atoms with Crippen molar-refractivity contribution in [3.63, 3.8) is 0 Å². The van der Waals surface area contributed by atoms with Crippen molar-refractivity contribution < 1.29 is 14.3 Å². The van der Waals surface area contributed by atoms with E-state index in [1.807, 2.05) is 20.8 Å². The summed E-state index contributed by atoms with van der Waals surface area (Å²) in [7, 11) is 0. The van der Waals surface area contributed by atoms with Crippen LogP contribution in [0.15, 0.2) is 24.3 Å². The Balaban J connectivity index is 1.46. The Kier molecular flexibility index (Phi) is 6.75. The fraction of sp³-hybridized carbons (Fsp3) is 0.667. The first kappa shape index (κ1) is 22.6. The van der Waals surface area contributed by atoms with Crippen molar-refractivity contribution in [3.05, 3.63) is 35.4 Å². The molecule has 6 heteroatoms. The smallest absolute Gasteiger partial charge is 0.410 e. The lowest BCUT2D eigenvalue weighted by Gasteiger charge is -2.42. The highest BCUT2D eigenvalue weighted by Crippen LogP contribution is 2.25. The molecule has 0 atom stereocenters. The number of nitrogens with zero attached hydrogens (tertiary/aromatic N) is 2. The number of carbonyl (C=O) groups excluding carboxylic acids is 2. The van der Waals surface area contributed by atoms with E-state index in [0.29, 0.717) is 32.5 Å². The third kappa shape index (κ3) is 5.75. The molecule has 1 saturated heterocycles. The Morgan fingerprint density at radius 3 is 2.30 bits per heavy atom. The van der Waals surface area contributed by atoms with E-state index in [1.165, 1.54) is 11.1 Å². The Hall–Kier alpha value is -2.08. The van der Waals surface area contributed by atoms with Crippen molar-refractivity contribution in [2.45, 2.75) is 71.6 Å². The Morgan fingerprint density at radius 1 is 1.03 bits per heavy atom. The summed E-state index contributed by atoms with van der Waals surface area (Å²) >= 11 is 0. The number of amides is 2. The van der Waals surface area contributed by atoms with Gasteiger partial charge in [-0.25, -0.2) is 4.79 Å². The second kappa shape index (κ2) is 8.96. The first-order valence-corrected chi connectivity index (χ1v) is 11.1. The van der Waals surface area contributed by atoms with Crippen molar-refractivity contribution in [1.82, 2.24) is 15.1 Å². The topological polar surface area (TPSA) is 61.9 Å². The molecule has 1 N–H and O–H groups in total. The minimum atomic E-state index is -0.494. The van der Waals surface area contributed by atoms with E-state index >= 15 is 0 Å². The van der Waals surface area contributed by atoms with Crippen molar-refractivity contribution >= 4 is 12.0 Å². The average molecular weight is 416 g/mol. The quantitative estimate of drug-likeness (QED) is 0.816. The number of nitrogens with one attached hydrogen (secondary N) is 1. The summed E-state index contributed by atoms with van der Waals surface area (Å²) in [4.78, 5) is 29.1. The van der Waals surface area contributed by atoms with Gasteiger partial charge in [0.1, 0.15) is 5.60 Å². The van der Waals surface area contributed by atoms with Crippen LogP contribution in [0, 0.1) is 5.92 Å². The summed E-state index contributed by atoms with van der Waals surface area (Å²) in [5.74, 6) is 0.0610. The van der Waals surface area contributed by atoms with Gasteiger partial charge in [0.25, 0.3) is 0 Å². The molecular formula is C24H37N3O3. The van der Waals surface area contributed by atoms with Gasteiger partial charge in [-0.15, -0.1) is 0 Å². The summed E-state index contributed by atoms with van der Waals surface area (Å²) in [5, 5.41) is 3.18. The van der Waals surface area contributed by atoms with Crippen LogP contribution >= 0.6 is 0 Å². The van der Waals surface area contributed by atoms with E-state index in [0.717, 1.165) is 19.5 Å². The summed E-state index contributed by atoms with van der Waals surface area (Å²) in [6.07, 6.45) is 2.13. The maximum atomic E-state index is 12.8. The molecule has 30 heavy (non-hydrogen) atoms. The summed E-state index contributed by atoms with van der Waals surface area (Å²) < 4.78 is 5.44. The fourth-order valence-electron chi connectivity index (χ4n) is 4.22. The second-order valence-electron chi connectivity index (χ2n) is 10.2. The summed E-state index contributed by atoms with van der Waals surface area (Å²) in [6, 6.07) is 8.62. The second-order valence-corrected chi connectivity index (χ2v) is 10.2. The third-order valence-corrected chi connectivity index (χ3v) is 6.20. The first-order chi connectivity index (χ1) is 14.0. The van der Waals surface area contributed by atoms with Crippen LogP contribution in [0.3, 0.4) is 0 Å². The maximum absolute atomic E-state index is 12.8. The van der Waals surface area contributed by atoms with Gasteiger partial charge in [0.15, 0.2) is 0 Å². The van der Waals surface area contributed by atoms with Crippen LogP contribution in [-0.4, -0.2) is 59.1 Å². The molecule has 2 heterocycles. The van der Waals surface area contributed by atoms with Crippen molar-refractivity contribution in [2.24, 2.45) is 5.92 Å². The van der Waals surface area contributed by atoms with E-state index in [1.54, 1.807) is 4.90 Å². The van der Waals surface area contributed by atoms with Crippen LogP contribution in [0.1, 0.15) is 58.6 Å². The van der Waals surface area contributed by atoms with E-state index in [2.05, 4.69) is 48.3 Å². The molecule has 0 aliphatic carbocycles. The zero-order valence-electron chi connectivity index (χ0n) is 19.2. The SMILES string of the molecule is CC(C)(C)OC(=O)N1CCC(C(=O)NCC(C)(C)N2CCc3ccccc3C2)CC1. The molecule has 3 rings (SSSR count). The zero-order valence-corrected chi connectivity index (χ0v) is 19.2. The first-order valence-electron chi connectivity index (χ1n) is 11.1. The Bertz CT molecular complexity index is 761. The average Bonchev–Trinajstić information content (AvgIpc) is 2.70. The molecule has 1 aromatic rings. The molecule has 0 saturated carbocycles. The van der Waals surface area contributed by atoms with E-state index in [9.17, 15) is 9.59 Å². The molecule has 2 amide bonds. The molecule has 1 aromatic carbocycles. The number of ether oxygens (including phenoxy) is 1. The van der Waals surface area contributed by atoms with Gasteiger partial charge in [-0.05, 0) is 65.0 Å². The van der Waals surface area contributed by atoms with Crippen molar-refractivity contribution in [1.29, 1.82) is 0 Å². The molecule has 0 radical (unpaired) electrons. The fourth-order valence-corrected chi connectivity index (χ4v) is 4.22. The lowest BCUT2D eigenvalue weighted by atomic mass is 9.93. The third-order valence-electron chi connectivity index (χ3n) is 6.20. The number of rotatable bonds is 4. The molecule has 166 valence electrons. The highest BCUT2D eigenvalue weighted by Gasteiger charge is 2.33. The molecule has 0 aromatic heterocycles. The van der Waals surface area contributed by atoms with Crippen LogP contribution in [-0.2, 0) is 22.5 Å². The van der Waals surface area contributed by atoms with Gasteiger partial charge in [-0.3, -0.25) is 9.69 Å². The number of likely N-dealkylation sites (tertiary alicyclic amines) is 1. The maximum Gasteiger partial charge on any atom is 0.410 e. The van der Waals surface area contributed by atoms with Gasteiger partial charge in [-0.1, -0.05) is 24.3 Å². The predicted molar refractivity (Wildman–Crippen MR) is 118 cm³/mol. The minimum Gasteiger partial charge on any atom is -0.444 e. The monoisotopic (exact) mass is 415 g/mol. The van der Waals surface area contributed by atoms with Crippen LogP contribution in [0.5, 0.6) is 0 Å². The van der Waals surface area contributed by atoms with Crippen molar-refractivity contribution in [3.8, 4) is 0 Å². The van der Waals surface area contributed by atoms with Gasteiger partial charge in [0, 0.05) is 44.2 Å². The Morgan fingerprint density at radius 2 is 1.67 bits per heavy atom. The molecule has 6 nitrogen and oxygen atoms in total. The van der Waals surface area contributed by atoms with E-state index < -0.39 is 5.60 Å². The molecule has 2 aliphatic heterocycles. The molecule has 1 fully saturated rings. The van der Waals surface area contributed by atoms with Crippen LogP contribution < -0.4 is 5.32 Å². The standard InChI is InChI=1S/C24H37N3O3/c1-23(2,3)30-22(29)26-13-10-19(11-14-26)21(28)25-17-24(4,5)27-15-12-18-8-6-7-9-20(18)16-27/h6-9,19H,10-17H2,1-5H3,(H,25,28). The van der Waals surface area contributed by atoms with Gasteiger partial charge < -0.3 is 15.0 Å². The number of hydrogen-bond donors (Lipinski definition) is 1. The largest absolute Gasteiger partial charge is 0.444 e. The Labute approximate surface area is 180 Å². The predicted octanol–water partition coefficient (Wildman–Crippen LogP) is 3.59. The van der Waals surface area contributed by atoms with Gasteiger partial charge in [-0.2, -0.15) is 0 Å². The van der Waals surface area contributed by atoms with Crippen LogP contribution in [0.25, 0.3) is 0 Å². The van der Waals surface area contributed by atoms with Gasteiger partial charge in [0.05, 0.1) is 0 Å². The number of fused-ring (bicyclic) bond motifs is 1. The molecule has 2 aliphatic rings. The lowest BCUT2D eigenvalue weighted by molar-refractivity contribution is -0.127. The van der Waals surface area contributed by atoms with Crippen molar-refractivity contribution in [2.75, 3.05) is 26.2 Å². The van der Waals surface area contributed by atoms with Crippen LogP contribution in [0.4, 0.5) is 4.79 Å². The molecular weight excluding hydrogens is 378 g/mol. The number of piperidine rings is 1. The summed E-state index contributed by atoms with van der Waals surface area (Å²) in [6.45, 7) is 13.7.